The van der Waals surface area contributed by atoms with Gasteiger partial charge in [-0.3, -0.25) is 0 Å². The highest BCUT2D eigenvalue weighted by Gasteiger charge is 1.99. The van der Waals surface area contributed by atoms with E-state index in [0.29, 0.717) is 0 Å². The first-order chi connectivity index (χ1) is 17.8. The third-order valence-corrected chi connectivity index (χ3v) is 8.27. The zero-order valence-corrected chi connectivity index (χ0v) is 25.8. The average molecular weight is 505 g/mol. The van der Waals surface area contributed by atoms with Gasteiger partial charge >= 0.3 is 0 Å². The quantitative estimate of drug-likeness (QED) is 0.0631. The molecule has 216 valence electrons. The largest absolute Gasteiger partial charge is 0.0999 e. The summed E-state index contributed by atoms with van der Waals surface area (Å²) in [4.78, 5) is 0. The molecule has 0 aliphatic heterocycles. The van der Waals surface area contributed by atoms with Crippen LogP contribution >= 0.6 is 0 Å². The lowest BCUT2D eigenvalue weighted by Crippen LogP contribution is -1.87. The smallest absolute Gasteiger partial charge is 0.0323 e. The molecule has 0 spiro atoms. The van der Waals surface area contributed by atoms with Crippen LogP contribution in [-0.2, 0) is 0 Å². The van der Waals surface area contributed by atoms with Gasteiger partial charge in [0.2, 0.25) is 0 Å². The van der Waals surface area contributed by atoms with Crippen molar-refractivity contribution in [2.75, 3.05) is 0 Å². The maximum atomic E-state index is 4.36. The zero-order valence-electron chi connectivity index (χ0n) is 25.8. The van der Waals surface area contributed by atoms with Gasteiger partial charge in [-0.25, -0.2) is 0 Å². The first kappa shape index (κ1) is 35.7. The number of unbranched alkanes of at least 4 members (excludes halogenated alkanes) is 28. The van der Waals surface area contributed by atoms with Gasteiger partial charge < -0.3 is 0 Å². The number of allylic oxidation sites excluding steroid dienone is 1. The molecule has 0 aromatic carbocycles. The molecule has 0 nitrogen and oxygen atoms in total. The fourth-order valence-corrected chi connectivity index (χ4v) is 5.62. The summed E-state index contributed by atoms with van der Waals surface area (Å²) < 4.78 is 0. The minimum atomic E-state index is 1.29. The minimum absolute atomic E-state index is 1.29. The Hall–Kier alpha value is -0.260. The summed E-state index contributed by atoms with van der Waals surface area (Å²) in [5.74, 6) is 0. The maximum Gasteiger partial charge on any atom is -0.0323 e. The summed E-state index contributed by atoms with van der Waals surface area (Å²) in [6, 6.07) is 0. The summed E-state index contributed by atoms with van der Waals surface area (Å²) in [6.45, 7) is 8.97. The van der Waals surface area contributed by atoms with Crippen molar-refractivity contribution in [1.29, 1.82) is 0 Å². The van der Waals surface area contributed by atoms with Crippen molar-refractivity contribution in [3.05, 3.63) is 12.2 Å². The topological polar surface area (TPSA) is 0 Å². The molecule has 0 bridgehead atoms. The Balaban J connectivity index is 3.14. The van der Waals surface area contributed by atoms with Gasteiger partial charge in [0.25, 0.3) is 0 Å². The Morgan fingerprint density at radius 3 is 0.639 bits per heavy atom. The molecule has 0 unspecified atom stereocenters. The highest BCUT2D eigenvalue weighted by Crippen LogP contribution is 2.18. The van der Waals surface area contributed by atoms with E-state index in [1.165, 1.54) is 211 Å². The summed E-state index contributed by atoms with van der Waals surface area (Å²) in [5, 5.41) is 0. The van der Waals surface area contributed by atoms with E-state index in [1.807, 2.05) is 0 Å². The lowest BCUT2D eigenvalue weighted by molar-refractivity contribution is 0.528. The molecule has 0 radical (unpaired) electrons. The molecule has 0 heteroatoms. The molecule has 0 rings (SSSR count). The standard InChI is InChI=1S/C36H72/c1-4-6-8-10-12-14-16-18-20-22-24-26-28-30-32-34-36(3)35-33-31-29-27-25-23-21-19-17-15-13-11-9-7-5-2/h3-35H2,1-2H3. The summed E-state index contributed by atoms with van der Waals surface area (Å²) in [5.41, 5.74) is 1.53. The molecule has 0 N–H and O–H groups in total. The van der Waals surface area contributed by atoms with Crippen LogP contribution in [0.2, 0.25) is 0 Å². The average Bonchev–Trinajstić information content (AvgIpc) is 2.88. The Morgan fingerprint density at radius 2 is 0.444 bits per heavy atom. The van der Waals surface area contributed by atoms with Crippen LogP contribution in [-0.4, -0.2) is 0 Å². The molecule has 0 atom stereocenters. The van der Waals surface area contributed by atoms with E-state index < -0.39 is 0 Å². The van der Waals surface area contributed by atoms with E-state index >= 15 is 0 Å². The monoisotopic (exact) mass is 505 g/mol. The molecule has 0 aliphatic carbocycles. The Kier molecular flexibility index (Phi) is 32.5. The number of rotatable bonds is 32. The lowest BCUT2D eigenvalue weighted by Gasteiger charge is -2.07. The van der Waals surface area contributed by atoms with Crippen LogP contribution in [0.1, 0.15) is 219 Å². The fourth-order valence-electron chi connectivity index (χ4n) is 5.62. The predicted molar refractivity (Wildman–Crippen MR) is 168 cm³/mol. The normalized spacial score (nSPS) is 11.4. The highest BCUT2D eigenvalue weighted by atomic mass is 14.0. The van der Waals surface area contributed by atoms with E-state index in [9.17, 15) is 0 Å². The molecular formula is C36H72. The number of hydrogen-bond acceptors (Lipinski definition) is 0. The van der Waals surface area contributed by atoms with E-state index in [-0.39, 0.29) is 0 Å². The van der Waals surface area contributed by atoms with E-state index in [0.717, 1.165) is 0 Å². The van der Waals surface area contributed by atoms with Crippen LogP contribution in [0.4, 0.5) is 0 Å². The molecule has 0 aliphatic rings. The van der Waals surface area contributed by atoms with Gasteiger partial charge in [-0.15, -0.1) is 0 Å². The third kappa shape index (κ3) is 31.8. The maximum absolute atomic E-state index is 4.36. The Labute approximate surface area is 231 Å². The second kappa shape index (κ2) is 32.8. The molecule has 0 heterocycles. The molecule has 0 amide bonds. The molecule has 0 saturated heterocycles. The van der Waals surface area contributed by atoms with E-state index in [1.54, 1.807) is 0 Å². The van der Waals surface area contributed by atoms with Crippen molar-refractivity contribution >= 4 is 0 Å². The van der Waals surface area contributed by atoms with Gasteiger partial charge in [-0.05, 0) is 25.7 Å². The number of hydrogen-bond donors (Lipinski definition) is 0. The van der Waals surface area contributed by atoms with E-state index in [2.05, 4.69) is 20.4 Å². The van der Waals surface area contributed by atoms with Crippen molar-refractivity contribution in [3.63, 3.8) is 0 Å². The lowest BCUT2D eigenvalue weighted by atomic mass is 10.00. The van der Waals surface area contributed by atoms with Gasteiger partial charge in [0.15, 0.2) is 0 Å². The van der Waals surface area contributed by atoms with E-state index in [4.69, 9.17) is 0 Å². The van der Waals surface area contributed by atoms with Crippen LogP contribution in [0, 0.1) is 0 Å². The molecule has 0 saturated carbocycles. The third-order valence-electron chi connectivity index (χ3n) is 8.27. The minimum Gasteiger partial charge on any atom is -0.0999 e. The van der Waals surface area contributed by atoms with Crippen LogP contribution < -0.4 is 0 Å². The van der Waals surface area contributed by atoms with Gasteiger partial charge in [-0.2, -0.15) is 0 Å². The molecular weight excluding hydrogens is 432 g/mol. The van der Waals surface area contributed by atoms with Gasteiger partial charge in [0.05, 0.1) is 0 Å². The Bertz CT molecular complexity index is 359. The highest BCUT2D eigenvalue weighted by molar-refractivity contribution is 4.93. The van der Waals surface area contributed by atoms with Gasteiger partial charge in [0, 0.05) is 0 Å². The molecule has 0 aromatic rings. The second-order valence-electron chi connectivity index (χ2n) is 12.1. The van der Waals surface area contributed by atoms with Crippen LogP contribution in [0.3, 0.4) is 0 Å². The van der Waals surface area contributed by atoms with Crippen molar-refractivity contribution in [1.82, 2.24) is 0 Å². The SMILES string of the molecule is C=C(CCCCCCCCCCCCCCCCC)CCCCCCCCCCCCCCCCC. The van der Waals surface area contributed by atoms with Crippen LogP contribution in [0.25, 0.3) is 0 Å². The van der Waals surface area contributed by atoms with Crippen LogP contribution in [0.5, 0.6) is 0 Å². The van der Waals surface area contributed by atoms with Crippen molar-refractivity contribution in [2.24, 2.45) is 0 Å². The van der Waals surface area contributed by atoms with Crippen molar-refractivity contribution in [3.8, 4) is 0 Å². The summed E-state index contributed by atoms with van der Waals surface area (Å²) >= 11 is 0. The summed E-state index contributed by atoms with van der Waals surface area (Å²) in [6.07, 6.45) is 46.2. The summed E-state index contributed by atoms with van der Waals surface area (Å²) in [7, 11) is 0. The van der Waals surface area contributed by atoms with Gasteiger partial charge in [0.1, 0.15) is 0 Å². The first-order valence-corrected chi connectivity index (χ1v) is 17.5. The first-order valence-electron chi connectivity index (χ1n) is 17.5. The zero-order chi connectivity index (χ0) is 26.2. The van der Waals surface area contributed by atoms with Gasteiger partial charge in [-0.1, -0.05) is 206 Å². The van der Waals surface area contributed by atoms with Crippen molar-refractivity contribution < 1.29 is 0 Å². The molecule has 0 aromatic heterocycles. The molecule has 36 heavy (non-hydrogen) atoms. The predicted octanol–water partition coefficient (Wildman–Crippen LogP) is 14.1. The second-order valence-corrected chi connectivity index (χ2v) is 12.1. The van der Waals surface area contributed by atoms with Crippen molar-refractivity contribution in [2.45, 2.75) is 219 Å². The Morgan fingerprint density at radius 1 is 0.278 bits per heavy atom. The molecule has 0 fully saturated rings. The fraction of sp³-hybridized carbons (Fsp3) is 0.944. The van der Waals surface area contributed by atoms with Crippen LogP contribution in [0.15, 0.2) is 12.2 Å².